The summed E-state index contributed by atoms with van der Waals surface area (Å²) in [6, 6.07) is 31.9. The molecular weight excluding hydrogens is 523 g/mol. The summed E-state index contributed by atoms with van der Waals surface area (Å²) >= 11 is 3.15. The minimum absolute atomic E-state index is 0.196. The van der Waals surface area contributed by atoms with Crippen LogP contribution in [0.1, 0.15) is 11.1 Å². The number of aryl methyl sites for hydroxylation is 1. The van der Waals surface area contributed by atoms with Crippen LogP contribution >= 0.6 is 22.7 Å². The first-order valence-corrected chi connectivity index (χ1v) is 14.0. The van der Waals surface area contributed by atoms with Crippen LogP contribution in [0, 0.1) is 6.92 Å². The molecule has 1 N–H and O–H groups in total. The molecule has 0 atom stereocenters. The highest BCUT2D eigenvalue weighted by molar-refractivity contribution is 7.21. The Labute approximate surface area is 231 Å². The van der Waals surface area contributed by atoms with Crippen molar-refractivity contribution >= 4 is 55.0 Å². The Morgan fingerprint density at radius 3 is 2.38 bits per heavy atom. The Morgan fingerprint density at radius 2 is 1.56 bits per heavy atom. The summed E-state index contributed by atoms with van der Waals surface area (Å²) in [4.78, 5) is 27.7. The number of nitrogens with one attached hydrogen (secondary N) is 1. The Hall–Kier alpha value is -4.66. The lowest BCUT2D eigenvalue weighted by Crippen LogP contribution is -2.16. The maximum absolute atomic E-state index is 13.6. The second-order valence-electron chi connectivity index (χ2n) is 9.17. The fraction of sp³-hybridized carbons (Fsp3) is 0.0323. The van der Waals surface area contributed by atoms with E-state index in [1.807, 2.05) is 78.9 Å². The molecule has 0 aliphatic carbocycles. The van der Waals surface area contributed by atoms with Gasteiger partial charge in [-0.1, -0.05) is 59.9 Å². The number of aromatic nitrogens is 4. The average Bonchev–Trinajstić information content (AvgIpc) is 3.67. The molecule has 0 amide bonds. The molecule has 0 bridgehead atoms. The maximum Gasteiger partial charge on any atom is 0.282 e. The summed E-state index contributed by atoms with van der Waals surface area (Å²) in [6.45, 7) is 2.09. The molecule has 7 rings (SSSR count). The summed E-state index contributed by atoms with van der Waals surface area (Å²) < 4.78 is 3.71. The van der Waals surface area contributed by atoms with Crippen LogP contribution in [0.25, 0.3) is 47.4 Å². The van der Waals surface area contributed by atoms with E-state index < -0.39 is 0 Å². The Balaban J connectivity index is 1.25. The van der Waals surface area contributed by atoms with Crippen LogP contribution in [-0.2, 0) is 0 Å². The van der Waals surface area contributed by atoms with Gasteiger partial charge in [0.2, 0.25) is 5.13 Å². The molecule has 0 radical (unpaired) electrons. The lowest BCUT2D eigenvalue weighted by Gasteiger charge is -2.00. The minimum atomic E-state index is -0.196. The zero-order valence-electron chi connectivity index (χ0n) is 20.8. The number of H-pyrrole nitrogens is 1. The van der Waals surface area contributed by atoms with Crippen LogP contribution in [0.3, 0.4) is 0 Å². The van der Waals surface area contributed by atoms with Gasteiger partial charge in [-0.3, -0.25) is 14.9 Å². The van der Waals surface area contributed by atoms with E-state index in [9.17, 15) is 4.79 Å². The van der Waals surface area contributed by atoms with Crippen LogP contribution < -0.4 is 5.56 Å². The first-order valence-electron chi connectivity index (χ1n) is 12.4. The van der Waals surface area contributed by atoms with Crippen molar-refractivity contribution < 1.29 is 0 Å². The molecule has 0 spiro atoms. The highest BCUT2D eigenvalue weighted by Crippen LogP contribution is 2.32. The summed E-state index contributed by atoms with van der Waals surface area (Å²) in [5.74, 6) is 0. The van der Waals surface area contributed by atoms with Gasteiger partial charge < -0.3 is 0 Å². The molecule has 0 aliphatic heterocycles. The van der Waals surface area contributed by atoms with Crippen molar-refractivity contribution in [2.45, 2.75) is 6.92 Å². The lowest BCUT2D eigenvalue weighted by atomic mass is 10.1. The Kier molecular flexibility index (Phi) is 5.76. The number of aromatic amines is 1. The maximum atomic E-state index is 13.6. The van der Waals surface area contributed by atoms with Crippen molar-refractivity contribution in [2.24, 2.45) is 4.99 Å². The van der Waals surface area contributed by atoms with Crippen LogP contribution in [0.4, 0.5) is 5.69 Å². The van der Waals surface area contributed by atoms with Gasteiger partial charge in [0.25, 0.3) is 5.56 Å². The van der Waals surface area contributed by atoms with Crippen LogP contribution in [0.2, 0.25) is 0 Å². The fourth-order valence-electron chi connectivity index (χ4n) is 4.47. The molecule has 0 aliphatic rings. The molecule has 0 fully saturated rings. The van der Waals surface area contributed by atoms with Crippen LogP contribution in [0.5, 0.6) is 0 Å². The highest BCUT2D eigenvalue weighted by atomic mass is 32.1. The molecule has 3 heterocycles. The predicted octanol–water partition coefficient (Wildman–Crippen LogP) is 7.78. The minimum Gasteiger partial charge on any atom is -0.288 e. The van der Waals surface area contributed by atoms with Gasteiger partial charge >= 0.3 is 0 Å². The van der Waals surface area contributed by atoms with E-state index in [4.69, 9.17) is 4.98 Å². The number of rotatable bonds is 5. The van der Waals surface area contributed by atoms with Crippen LogP contribution in [-0.4, -0.2) is 26.0 Å². The highest BCUT2D eigenvalue weighted by Gasteiger charge is 2.18. The number of aliphatic imine (C=N–C) groups is 1. The number of fused-ring (bicyclic) bond motifs is 2. The molecule has 7 aromatic rings. The quantitative estimate of drug-likeness (QED) is 0.225. The van der Waals surface area contributed by atoms with E-state index in [2.05, 4.69) is 40.2 Å². The number of nitrogens with zero attached hydrogens (tertiary/aromatic N) is 4. The van der Waals surface area contributed by atoms with Crippen molar-refractivity contribution in [3.63, 3.8) is 0 Å². The molecule has 4 aromatic carbocycles. The summed E-state index contributed by atoms with van der Waals surface area (Å²) in [6.07, 6.45) is 1.64. The third-order valence-corrected chi connectivity index (χ3v) is 8.55. The van der Waals surface area contributed by atoms with Gasteiger partial charge in [-0.2, -0.15) is 4.68 Å². The smallest absolute Gasteiger partial charge is 0.282 e. The summed E-state index contributed by atoms with van der Waals surface area (Å²) in [7, 11) is 0. The number of hydrogen-bond acceptors (Lipinski definition) is 6. The first kappa shape index (κ1) is 23.5. The summed E-state index contributed by atoms with van der Waals surface area (Å²) in [5.41, 5.74) is 6.77. The fourth-order valence-corrected chi connectivity index (χ4v) is 6.46. The average molecular weight is 544 g/mol. The van der Waals surface area contributed by atoms with Gasteiger partial charge in [0.15, 0.2) is 0 Å². The van der Waals surface area contributed by atoms with Gasteiger partial charge in [0, 0.05) is 17.3 Å². The van der Waals surface area contributed by atoms with E-state index in [1.54, 1.807) is 17.6 Å². The van der Waals surface area contributed by atoms with Gasteiger partial charge in [-0.25, -0.2) is 9.97 Å². The molecule has 188 valence electrons. The summed E-state index contributed by atoms with van der Waals surface area (Å²) in [5, 5.41) is 4.85. The van der Waals surface area contributed by atoms with Crippen molar-refractivity contribution in [1.82, 2.24) is 19.7 Å². The topological polar surface area (TPSA) is 75.9 Å². The molecule has 39 heavy (non-hydrogen) atoms. The Morgan fingerprint density at radius 1 is 0.795 bits per heavy atom. The molecule has 0 unspecified atom stereocenters. The normalized spacial score (nSPS) is 11.7. The SMILES string of the molecule is Cc1ccc2nc(-c3ccc(N=Cc4c(-c5ccccc5)[nH]n(-c5nc6ccccc6s5)c4=O)cc3)sc2c1. The van der Waals surface area contributed by atoms with E-state index in [0.717, 1.165) is 37.6 Å². The molecular formula is C31H21N5OS2. The zero-order valence-corrected chi connectivity index (χ0v) is 22.5. The van der Waals surface area contributed by atoms with Gasteiger partial charge in [-0.15, -0.1) is 11.3 Å². The first-order chi connectivity index (χ1) is 19.1. The molecule has 6 nitrogen and oxygen atoms in total. The second kappa shape index (κ2) is 9.58. The van der Waals surface area contributed by atoms with E-state index in [1.165, 1.54) is 26.3 Å². The molecule has 0 saturated heterocycles. The van der Waals surface area contributed by atoms with E-state index >= 15 is 0 Å². The molecule has 0 saturated carbocycles. The van der Waals surface area contributed by atoms with Gasteiger partial charge in [0.1, 0.15) is 5.01 Å². The number of thiazole rings is 2. The van der Waals surface area contributed by atoms with Crippen molar-refractivity contribution in [1.29, 1.82) is 0 Å². The monoisotopic (exact) mass is 543 g/mol. The van der Waals surface area contributed by atoms with Gasteiger partial charge in [-0.05, 0) is 61.0 Å². The standard InChI is InChI=1S/C31H21N5OS2/c1-19-11-16-25-27(17-19)38-29(33-25)21-12-14-22(15-13-21)32-18-23-28(20-7-3-2-4-8-20)35-36(30(23)37)31-34-24-9-5-6-10-26(24)39-31/h2-18,35H,1H3. The van der Waals surface area contributed by atoms with Crippen LogP contribution in [0.15, 0.2) is 107 Å². The number of benzene rings is 4. The second-order valence-corrected chi connectivity index (χ2v) is 11.2. The largest absolute Gasteiger partial charge is 0.288 e. The van der Waals surface area contributed by atoms with E-state index in [-0.39, 0.29) is 5.56 Å². The van der Waals surface area contributed by atoms with E-state index in [0.29, 0.717) is 16.4 Å². The van der Waals surface area contributed by atoms with Crippen molar-refractivity contribution in [3.8, 4) is 27.0 Å². The third kappa shape index (κ3) is 4.39. The third-order valence-electron chi connectivity index (χ3n) is 6.46. The Bertz CT molecular complexity index is 2010. The lowest BCUT2D eigenvalue weighted by molar-refractivity contribution is 0.845. The van der Waals surface area contributed by atoms with Gasteiger partial charge in [0.05, 0.1) is 37.4 Å². The zero-order chi connectivity index (χ0) is 26.3. The number of hydrogen-bond donors (Lipinski definition) is 1. The number of para-hydroxylation sites is 1. The molecule has 8 heteroatoms. The predicted molar refractivity (Wildman–Crippen MR) is 162 cm³/mol. The van der Waals surface area contributed by atoms with Crippen molar-refractivity contribution in [2.75, 3.05) is 0 Å². The molecule has 3 aromatic heterocycles. The van der Waals surface area contributed by atoms with Crippen molar-refractivity contribution in [3.05, 3.63) is 119 Å².